The molecule has 3 aromatic carbocycles. The monoisotopic (exact) mass is 333 g/mol. The van der Waals surface area contributed by atoms with Gasteiger partial charge in [0, 0.05) is 34.9 Å². The molecule has 0 atom stereocenters. The molecule has 0 spiro atoms. The predicted octanol–water partition coefficient (Wildman–Crippen LogP) is 5.70. The van der Waals surface area contributed by atoms with Gasteiger partial charge in [-0.2, -0.15) is 0 Å². The molecule has 0 heterocycles. The number of nitrogens with zero attached hydrogens (tertiary/aromatic N) is 1. The smallest absolute Gasteiger partial charge is 0.273 e. The number of nitrogens with one attached hydrogen (secondary N) is 2. The number of non-ortho nitro benzene ring substituents is 1. The lowest BCUT2D eigenvalue weighted by molar-refractivity contribution is -0.384. The number of nitro groups is 1. The fraction of sp³-hybridized carbons (Fsp3) is 0.100. The quantitative estimate of drug-likeness (QED) is 0.464. The highest BCUT2D eigenvalue weighted by Gasteiger charge is 2.10. The summed E-state index contributed by atoms with van der Waals surface area (Å²) >= 11 is 0. The molecule has 0 saturated heterocycles. The van der Waals surface area contributed by atoms with Crippen LogP contribution in [0.2, 0.25) is 0 Å². The summed E-state index contributed by atoms with van der Waals surface area (Å²) in [7, 11) is 0. The van der Waals surface area contributed by atoms with E-state index in [1.807, 2.05) is 68.4 Å². The van der Waals surface area contributed by atoms with Crippen molar-refractivity contribution in [2.24, 2.45) is 0 Å². The molecule has 0 saturated carbocycles. The van der Waals surface area contributed by atoms with Crippen molar-refractivity contribution in [3.63, 3.8) is 0 Å². The van der Waals surface area contributed by atoms with Crippen LogP contribution in [0.3, 0.4) is 0 Å². The molecular weight excluding hydrogens is 314 g/mol. The number of rotatable bonds is 5. The van der Waals surface area contributed by atoms with Gasteiger partial charge in [-0.3, -0.25) is 10.1 Å². The van der Waals surface area contributed by atoms with Crippen LogP contribution in [0.1, 0.15) is 11.1 Å². The highest BCUT2D eigenvalue weighted by molar-refractivity contribution is 5.72. The maximum atomic E-state index is 11.3. The van der Waals surface area contributed by atoms with Crippen molar-refractivity contribution in [3.8, 4) is 0 Å². The van der Waals surface area contributed by atoms with E-state index >= 15 is 0 Å². The highest BCUT2D eigenvalue weighted by Crippen LogP contribution is 2.29. The minimum atomic E-state index is -0.386. The van der Waals surface area contributed by atoms with E-state index in [-0.39, 0.29) is 10.6 Å². The first kappa shape index (κ1) is 16.5. The van der Waals surface area contributed by atoms with Crippen molar-refractivity contribution < 1.29 is 4.92 Å². The van der Waals surface area contributed by atoms with Gasteiger partial charge < -0.3 is 10.6 Å². The van der Waals surface area contributed by atoms with E-state index in [1.165, 1.54) is 12.1 Å². The van der Waals surface area contributed by atoms with Gasteiger partial charge in [0.25, 0.3) is 5.69 Å². The second kappa shape index (κ2) is 7.05. The summed E-state index contributed by atoms with van der Waals surface area (Å²) in [6.45, 7) is 4.01. The molecule has 3 aromatic rings. The van der Waals surface area contributed by atoms with Crippen molar-refractivity contribution in [2.45, 2.75) is 13.8 Å². The highest BCUT2D eigenvalue weighted by atomic mass is 16.6. The summed E-state index contributed by atoms with van der Waals surface area (Å²) in [5.41, 5.74) is 5.38. The fourth-order valence-electron chi connectivity index (χ4n) is 2.64. The van der Waals surface area contributed by atoms with Gasteiger partial charge in [0.05, 0.1) is 4.92 Å². The maximum absolute atomic E-state index is 11.3. The van der Waals surface area contributed by atoms with Crippen molar-refractivity contribution in [1.29, 1.82) is 0 Å². The number of aryl methyl sites for hydroxylation is 2. The second-order valence-electron chi connectivity index (χ2n) is 6.01. The van der Waals surface area contributed by atoms with Crippen LogP contribution in [-0.4, -0.2) is 4.92 Å². The Kier molecular flexibility index (Phi) is 4.66. The molecule has 0 radical (unpaired) electrons. The third-order valence-corrected chi connectivity index (χ3v) is 3.74. The van der Waals surface area contributed by atoms with Crippen LogP contribution in [0, 0.1) is 24.0 Å². The Hall–Kier alpha value is -3.34. The van der Waals surface area contributed by atoms with E-state index in [9.17, 15) is 10.1 Å². The molecule has 25 heavy (non-hydrogen) atoms. The summed E-state index contributed by atoms with van der Waals surface area (Å²) in [5.74, 6) is 0. The van der Waals surface area contributed by atoms with Crippen LogP contribution in [0.25, 0.3) is 0 Å². The van der Waals surface area contributed by atoms with Crippen molar-refractivity contribution in [2.75, 3.05) is 10.6 Å². The third kappa shape index (κ3) is 4.35. The van der Waals surface area contributed by atoms with Crippen LogP contribution >= 0.6 is 0 Å². The fourth-order valence-corrected chi connectivity index (χ4v) is 2.64. The maximum Gasteiger partial charge on any atom is 0.273 e. The molecule has 126 valence electrons. The summed E-state index contributed by atoms with van der Waals surface area (Å²) < 4.78 is 0. The molecule has 0 aliphatic rings. The number of anilines is 4. The van der Waals surface area contributed by atoms with E-state index in [2.05, 4.69) is 10.6 Å². The Morgan fingerprint density at radius 3 is 1.60 bits per heavy atom. The normalized spacial score (nSPS) is 10.3. The van der Waals surface area contributed by atoms with E-state index in [0.29, 0.717) is 11.4 Å². The SMILES string of the molecule is Cc1cccc(Nc2cc(Nc3cccc(C)c3)cc([N+](=O)[O-])c2)c1. The standard InChI is InChI=1S/C20H19N3O2/c1-14-5-3-7-16(9-14)21-18-11-19(13-20(12-18)23(24)25)22-17-8-4-6-15(2)10-17/h3-13,21-22H,1-2H3. The zero-order chi connectivity index (χ0) is 17.8. The Morgan fingerprint density at radius 1 is 0.720 bits per heavy atom. The van der Waals surface area contributed by atoms with Gasteiger partial charge >= 0.3 is 0 Å². The molecule has 0 aromatic heterocycles. The van der Waals surface area contributed by atoms with E-state index in [4.69, 9.17) is 0 Å². The molecule has 3 rings (SSSR count). The van der Waals surface area contributed by atoms with Crippen LogP contribution in [0.4, 0.5) is 28.4 Å². The molecule has 0 aliphatic carbocycles. The van der Waals surface area contributed by atoms with Gasteiger partial charge in [0.15, 0.2) is 0 Å². The van der Waals surface area contributed by atoms with Crippen LogP contribution in [0.5, 0.6) is 0 Å². The number of hydrogen-bond donors (Lipinski definition) is 2. The number of hydrogen-bond acceptors (Lipinski definition) is 4. The van der Waals surface area contributed by atoms with Crippen molar-refractivity contribution in [1.82, 2.24) is 0 Å². The molecule has 0 aliphatic heterocycles. The van der Waals surface area contributed by atoms with Crippen molar-refractivity contribution >= 4 is 28.4 Å². The summed E-state index contributed by atoms with van der Waals surface area (Å²) in [4.78, 5) is 10.9. The van der Waals surface area contributed by atoms with Crippen molar-refractivity contribution in [3.05, 3.63) is 88.0 Å². The lowest BCUT2D eigenvalue weighted by Crippen LogP contribution is -1.97. The first-order valence-electron chi connectivity index (χ1n) is 7.96. The van der Waals surface area contributed by atoms with Crippen LogP contribution in [0.15, 0.2) is 66.7 Å². The summed E-state index contributed by atoms with van der Waals surface area (Å²) in [6.07, 6.45) is 0. The molecule has 5 nitrogen and oxygen atoms in total. The van der Waals surface area contributed by atoms with Gasteiger partial charge in [-0.1, -0.05) is 24.3 Å². The Bertz CT molecular complexity index is 857. The molecule has 0 amide bonds. The average Bonchev–Trinajstić information content (AvgIpc) is 2.54. The molecule has 2 N–H and O–H groups in total. The minimum absolute atomic E-state index is 0.0350. The summed E-state index contributed by atoms with van der Waals surface area (Å²) in [5, 5.41) is 17.7. The summed E-state index contributed by atoms with van der Waals surface area (Å²) in [6, 6.07) is 20.7. The first-order chi connectivity index (χ1) is 12.0. The number of benzene rings is 3. The molecule has 0 unspecified atom stereocenters. The Balaban J connectivity index is 1.93. The third-order valence-electron chi connectivity index (χ3n) is 3.74. The lowest BCUT2D eigenvalue weighted by atomic mass is 10.2. The largest absolute Gasteiger partial charge is 0.355 e. The number of nitro benzene ring substituents is 1. The van der Waals surface area contributed by atoms with Crippen LogP contribution < -0.4 is 10.6 Å². The van der Waals surface area contributed by atoms with E-state index < -0.39 is 0 Å². The minimum Gasteiger partial charge on any atom is -0.355 e. The molecular formula is C20H19N3O2. The zero-order valence-electron chi connectivity index (χ0n) is 14.1. The molecule has 5 heteroatoms. The van der Waals surface area contributed by atoms with Crippen LogP contribution in [-0.2, 0) is 0 Å². The van der Waals surface area contributed by atoms with Gasteiger partial charge in [0.2, 0.25) is 0 Å². The molecule has 0 fully saturated rings. The Labute approximate surface area is 146 Å². The first-order valence-corrected chi connectivity index (χ1v) is 7.96. The average molecular weight is 333 g/mol. The van der Waals surface area contributed by atoms with E-state index in [0.717, 1.165) is 22.5 Å². The molecule has 0 bridgehead atoms. The zero-order valence-corrected chi connectivity index (χ0v) is 14.1. The second-order valence-corrected chi connectivity index (χ2v) is 6.01. The van der Waals surface area contributed by atoms with E-state index in [1.54, 1.807) is 0 Å². The van der Waals surface area contributed by atoms with Gasteiger partial charge in [0.1, 0.15) is 0 Å². The van der Waals surface area contributed by atoms with Gasteiger partial charge in [-0.05, 0) is 55.3 Å². The van der Waals surface area contributed by atoms with Gasteiger partial charge in [-0.15, -0.1) is 0 Å². The predicted molar refractivity (Wildman–Crippen MR) is 102 cm³/mol. The lowest BCUT2D eigenvalue weighted by Gasteiger charge is -2.11. The topological polar surface area (TPSA) is 67.2 Å². The van der Waals surface area contributed by atoms with Gasteiger partial charge in [-0.25, -0.2) is 0 Å². The Morgan fingerprint density at radius 2 is 1.20 bits per heavy atom.